The van der Waals surface area contributed by atoms with Crippen molar-refractivity contribution in [1.82, 2.24) is 4.57 Å². The van der Waals surface area contributed by atoms with Crippen molar-refractivity contribution in [2.45, 2.75) is 13.8 Å². The van der Waals surface area contributed by atoms with E-state index in [1.54, 1.807) is 0 Å². The molecule has 2 nitrogen and oxygen atoms in total. The van der Waals surface area contributed by atoms with Gasteiger partial charge in [0.05, 0.1) is 11.0 Å². The Morgan fingerprint density at radius 1 is 0.571 bits per heavy atom. The summed E-state index contributed by atoms with van der Waals surface area (Å²) in [6.07, 6.45) is 0. The normalized spacial score (nSPS) is 11.4. The van der Waals surface area contributed by atoms with Crippen molar-refractivity contribution in [3.8, 4) is 16.8 Å². The lowest BCUT2D eigenvalue weighted by Crippen LogP contribution is -1.94. The Bertz CT molecular complexity index is 1250. The van der Waals surface area contributed by atoms with Gasteiger partial charge in [-0.1, -0.05) is 47.5 Å². The van der Waals surface area contributed by atoms with Crippen LogP contribution < -0.4 is 5.73 Å². The summed E-state index contributed by atoms with van der Waals surface area (Å²) in [4.78, 5) is 0. The van der Waals surface area contributed by atoms with Crippen LogP contribution in [0.1, 0.15) is 11.1 Å². The molecule has 1 heterocycles. The topological polar surface area (TPSA) is 30.9 Å². The lowest BCUT2D eigenvalue weighted by atomic mass is 10.1. The van der Waals surface area contributed by atoms with E-state index in [1.165, 1.54) is 49.7 Å². The van der Waals surface area contributed by atoms with Gasteiger partial charge in [0.25, 0.3) is 0 Å². The Labute approximate surface area is 164 Å². The lowest BCUT2D eigenvalue weighted by Gasteiger charge is -2.10. The Balaban J connectivity index is 1.71. The molecule has 5 rings (SSSR count). The molecule has 5 aromatic rings. The summed E-state index contributed by atoms with van der Waals surface area (Å²) in [7, 11) is 0. The summed E-state index contributed by atoms with van der Waals surface area (Å²) in [6.45, 7) is 4.31. The molecule has 0 spiro atoms. The number of aromatic nitrogens is 1. The van der Waals surface area contributed by atoms with Crippen molar-refractivity contribution in [2.24, 2.45) is 0 Å². The zero-order chi connectivity index (χ0) is 19.3. The van der Waals surface area contributed by atoms with Gasteiger partial charge in [-0.15, -0.1) is 0 Å². The maximum Gasteiger partial charge on any atom is 0.0541 e. The van der Waals surface area contributed by atoms with Gasteiger partial charge < -0.3 is 10.3 Å². The number of nitrogen functional groups attached to an aromatic ring is 1. The third-order valence-corrected chi connectivity index (χ3v) is 5.45. The second kappa shape index (κ2) is 6.28. The van der Waals surface area contributed by atoms with E-state index in [1.807, 2.05) is 12.1 Å². The first-order chi connectivity index (χ1) is 13.6. The Hall–Kier alpha value is -3.52. The minimum absolute atomic E-state index is 0.788. The highest BCUT2D eigenvalue weighted by Gasteiger charge is 2.12. The first kappa shape index (κ1) is 16.6. The van der Waals surface area contributed by atoms with Gasteiger partial charge in [0.1, 0.15) is 0 Å². The predicted molar refractivity (Wildman–Crippen MR) is 120 cm³/mol. The minimum Gasteiger partial charge on any atom is -0.399 e. The molecule has 0 radical (unpaired) electrons. The summed E-state index contributed by atoms with van der Waals surface area (Å²) in [5.41, 5.74) is 15.2. The Morgan fingerprint density at radius 3 is 1.54 bits per heavy atom. The summed E-state index contributed by atoms with van der Waals surface area (Å²) >= 11 is 0. The van der Waals surface area contributed by atoms with E-state index in [0.717, 1.165) is 5.69 Å². The summed E-state index contributed by atoms with van der Waals surface area (Å²) in [6, 6.07) is 30.2. The molecule has 28 heavy (non-hydrogen) atoms. The zero-order valence-electron chi connectivity index (χ0n) is 16.1. The fourth-order valence-corrected chi connectivity index (χ4v) is 4.01. The van der Waals surface area contributed by atoms with Crippen molar-refractivity contribution < 1.29 is 0 Å². The smallest absolute Gasteiger partial charge is 0.0541 e. The SMILES string of the molecule is Cc1ccc2c(c1)c1cc(C)ccc1n2-c1ccc(-c2ccc(N)cc2)cc1. The molecule has 0 saturated carbocycles. The third kappa shape index (κ3) is 2.66. The molecule has 0 aliphatic heterocycles. The van der Waals surface area contributed by atoms with Crippen molar-refractivity contribution >= 4 is 27.5 Å². The molecule has 0 atom stereocenters. The molecule has 0 unspecified atom stereocenters. The van der Waals surface area contributed by atoms with Gasteiger partial charge in [-0.2, -0.15) is 0 Å². The molecule has 2 N–H and O–H groups in total. The number of aryl methyl sites for hydroxylation is 2. The van der Waals surface area contributed by atoms with Gasteiger partial charge in [0, 0.05) is 22.1 Å². The highest BCUT2D eigenvalue weighted by atomic mass is 15.0. The molecule has 2 heteroatoms. The second-order valence-electron chi connectivity index (χ2n) is 7.55. The van der Waals surface area contributed by atoms with Crippen molar-refractivity contribution in [3.63, 3.8) is 0 Å². The van der Waals surface area contributed by atoms with Crippen LogP contribution in [0, 0.1) is 13.8 Å². The summed E-state index contributed by atoms with van der Waals surface area (Å²) < 4.78 is 2.36. The van der Waals surface area contributed by atoms with Crippen LogP contribution in [0.15, 0.2) is 84.9 Å². The number of hydrogen-bond donors (Lipinski definition) is 1. The first-order valence-electron chi connectivity index (χ1n) is 9.58. The Morgan fingerprint density at radius 2 is 1.04 bits per heavy atom. The number of hydrogen-bond acceptors (Lipinski definition) is 1. The van der Waals surface area contributed by atoms with E-state index in [2.05, 4.69) is 91.2 Å². The second-order valence-corrected chi connectivity index (χ2v) is 7.55. The quantitative estimate of drug-likeness (QED) is 0.350. The third-order valence-electron chi connectivity index (χ3n) is 5.45. The monoisotopic (exact) mass is 362 g/mol. The summed E-state index contributed by atoms with van der Waals surface area (Å²) in [5.74, 6) is 0. The first-order valence-corrected chi connectivity index (χ1v) is 9.58. The van der Waals surface area contributed by atoms with Gasteiger partial charge in [0.15, 0.2) is 0 Å². The average Bonchev–Trinajstić information content (AvgIpc) is 3.02. The molecule has 136 valence electrons. The molecular formula is C26H22N2. The van der Waals surface area contributed by atoms with Gasteiger partial charge in [-0.3, -0.25) is 0 Å². The van der Waals surface area contributed by atoms with E-state index in [4.69, 9.17) is 5.73 Å². The highest BCUT2D eigenvalue weighted by molar-refractivity contribution is 6.09. The Kier molecular flexibility index (Phi) is 3.73. The van der Waals surface area contributed by atoms with Crippen LogP contribution in [0.3, 0.4) is 0 Å². The van der Waals surface area contributed by atoms with Crippen LogP contribution in [-0.4, -0.2) is 4.57 Å². The lowest BCUT2D eigenvalue weighted by molar-refractivity contribution is 1.18. The van der Waals surface area contributed by atoms with Gasteiger partial charge in [0.2, 0.25) is 0 Å². The number of fused-ring (bicyclic) bond motifs is 3. The summed E-state index contributed by atoms with van der Waals surface area (Å²) in [5, 5.41) is 2.61. The zero-order valence-corrected chi connectivity index (χ0v) is 16.1. The number of nitrogens with two attached hydrogens (primary N) is 1. The molecular weight excluding hydrogens is 340 g/mol. The largest absolute Gasteiger partial charge is 0.399 e. The predicted octanol–water partition coefficient (Wildman–Crippen LogP) is 6.65. The molecule has 0 saturated heterocycles. The fourth-order valence-electron chi connectivity index (χ4n) is 4.01. The van der Waals surface area contributed by atoms with E-state index in [9.17, 15) is 0 Å². The van der Waals surface area contributed by atoms with E-state index >= 15 is 0 Å². The van der Waals surface area contributed by atoms with Crippen molar-refractivity contribution in [3.05, 3.63) is 96.1 Å². The number of nitrogens with zero attached hydrogens (tertiary/aromatic N) is 1. The molecule has 0 fully saturated rings. The van der Waals surface area contributed by atoms with Crippen molar-refractivity contribution in [1.29, 1.82) is 0 Å². The van der Waals surface area contributed by atoms with Gasteiger partial charge >= 0.3 is 0 Å². The van der Waals surface area contributed by atoms with Crippen LogP contribution in [0.5, 0.6) is 0 Å². The van der Waals surface area contributed by atoms with E-state index in [0.29, 0.717) is 0 Å². The van der Waals surface area contributed by atoms with Crippen LogP contribution in [0.4, 0.5) is 5.69 Å². The van der Waals surface area contributed by atoms with Crippen LogP contribution >= 0.6 is 0 Å². The standard InChI is InChI=1S/C26H22N2/c1-17-3-13-25-23(15-17)24-16-18(2)4-14-26(24)28(25)22-11-7-20(8-12-22)19-5-9-21(27)10-6-19/h3-16H,27H2,1-2H3. The van der Waals surface area contributed by atoms with Gasteiger partial charge in [-0.25, -0.2) is 0 Å². The van der Waals surface area contributed by atoms with E-state index < -0.39 is 0 Å². The maximum atomic E-state index is 5.82. The van der Waals surface area contributed by atoms with Crippen LogP contribution in [0.25, 0.3) is 38.6 Å². The molecule has 4 aromatic carbocycles. The molecule has 0 amide bonds. The number of rotatable bonds is 2. The molecule has 0 aliphatic carbocycles. The van der Waals surface area contributed by atoms with Gasteiger partial charge in [-0.05, 0) is 73.5 Å². The number of benzene rings is 4. The fraction of sp³-hybridized carbons (Fsp3) is 0.0769. The van der Waals surface area contributed by atoms with Crippen molar-refractivity contribution in [2.75, 3.05) is 5.73 Å². The number of anilines is 1. The molecule has 1 aromatic heterocycles. The van der Waals surface area contributed by atoms with E-state index in [-0.39, 0.29) is 0 Å². The average molecular weight is 362 g/mol. The van der Waals surface area contributed by atoms with Crippen LogP contribution in [-0.2, 0) is 0 Å². The molecule has 0 aliphatic rings. The highest BCUT2D eigenvalue weighted by Crippen LogP contribution is 2.34. The van der Waals surface area contributed by atoms with Crippen LogP contribution in [0.2, 0.25) is 0 Å². The minimum atomic E-state index is 0.788. The maximum absolute atomic E-state index is 5.82. The molecule has 0 bridgehead atoms.